The normalized spacial score (nSPS) is 12.6. The molecule has 1 nitrogen and oxygen atoms in total. The predicted octanol–water partition coefficient (Wildman–Crippen LogP) is 7.73. The van der Waals surface area contributed by atoms with E-state index in [-0.39, 0.29) is 0 Å². The third-order valence-electron chi connectivity index (χ3n) is 4.31. The minimum Gasteiger partial charge on any atom is -0.353 e. The van der Waals surface area contributed by atoms with Gasteiger partial charge in [-0.25, -0.2) is 0 Å². The van der Waals surface area contributed by atoms with Crippen LogP contribution in [0, 0.1) is 0 Å². The molecule has 0 fully saturated rings. The standard InChI is InChI=1S/C18H8BrNS3/c19-8-5-6-10-12(7-8)21-17-15(10)23-16-13-14(22-18(16)17)9-3-1-2-4-11(9)20-13/h1-7,20H. The zero-order chi connectivity index (χ0) is 15.1. The smallest absolute Gasteiger partial charge is 0.0756 e. The highest BCUT2D eigenvalue weighted by molar-refractivity contribution is 9.10. The fraction of sp³-hybridized carbons (Fsp3) is 0. The summed E-state index contributed by atoms with van der Waals surface area (Å²) >= 11 is 9.36. The van der Waals surface area contributed by atoms with Crippen LogP contribution in [0.5, 0.6) is 0 Å². The summed E-state index contributed by atoms with van der Waals surface area (Å²) in [6, 6.07) is 15.2. The molecule has 0 aliphatic rings. The molecule has 0 spiro atoms. The SMILES string of the molecule is Brc1ccc2c(c1)sc1c2sc2c3[nH]c4ccccc4c3sc21. The number of para-hydroxylation sites is 1. The topological polar surface area (TPSA) is 15.8 Å². The van der Waals surface area contributed by atoms with E-state index in [4.69, 9.17) is 0 Å². The first-order chi connectivity index (χ1) is 11.3. The number of aromatic nitrogens is 1. The second-order valence-electron chi connectivity index (χ2n) is 5.64. The molecule has 110 valence electrons. The molecule has 4 aromatic heterocycles. The zero-order valence-corrected chi connectivity index (χ0v) is 15.7. The molecule has 0 amide bonds. The largest absolute Gasteiger partial charge is 0.353 e. The minimum atomic E-state index is 1.15. The summed E-state index contributed by atoms with van der Waals surface area (Å²) in [5.41, 5.74) is 2.55. The summed E-state index contributed by atoms with van der Waals surface area (Å²) in [4.78, 5) is 3.63. The molecule has 0 radical (unpaired) electrons. The summed E-state index contributed by atoms with van der Waals surface area (Å²) in [7, 11) is 0. The van der Waals surface area contributed by atoms with Gasteiger partial charge in [0, 0.05) is 25.5 Å². The Bertz CT molecular complexity index is 1380. The fourth-order valence-corrected chi connectivity index (χ4v) is 8.17. The number of fused-ring (bicyclic) bond motifs is 9. The maximum absolute atomic E-state index is 3.63. The van der Waals surface area contributed by atoms with Crippen LogP contribution in [0.3, 0.4) is 0 Å². The van der Waals surface area contributed by atoms with Gasteiger partial charge in [0.1, 0.15) is 0 Å². The molecule has 0 bridgehead atoms. The Morgan fingerprint density at radius 1 is 0.739 bits per heavy atom. The monoisotopic (exact) mass is 413 g/mol. The molecular weight excluding hydrogens is 406 g/mol. The van der Waals surface area contributed by atoms with Crippen molar-refractivity contribution in [1.82, 2.24) is 4.98 Å². The average molecular weight is 414 g/mol. The van der Waals surface area contributed by atoms with Crippen molar-refractivity contribution in [2.45, 2.75) is 0 Å². The highest BCUT2D eigenvalue weighted by atomic mass is 79.9. The minimum absolute atomic E-state index is 1.15. The molecule has 0 saturated heterocycles. The maximum Gasteiger partial charge on any atom is 0.0756 e. The third-order valence-corrected chi connectivity index (χ3v) is 8.84. The molecule has 6 aromatic rings. The van der Waals surface area contributed by atoms with Crippen molar-refractivity contribution in [1.29, 1.82) is 0 Å². The Labute approximate surface area is 151 Å². The van der Waals surface area contributed by atoms with Gasteiger partial charge in [0.15, 0.2) is 0 Å². The molecule has 23 heavy (non-hydrogen) atoms. The number of thiophene rings is 3. The van der Waals surface area contributed by atoms with Crippen LogP contribution in [0.4, 0.5) is 0 Å². The molecular formula is C18H8BrNS3. The summed E-state index contributed by atoms with van der Waals surface area (Å²) in [5.74, 6) is 0. The summed E-state index contributed by atoms with van der Waals surface area (Å²) in [6.45, 7) is 0. The van der Waals surface area contributed by atoms with Crippen LogP contribution in [0.15, 0.2) is 46.9 Å². The summed E-state index contributed by atoms with van der Waals surface area (Å²) in [5, 5.41) is 2.72. The Morgan fingerprint density at radius 2 is 1.57 bits per heavy atom. The Hall–Kier alpha value is -1.40. The third kappa shape index (κ3) is 1.61. The first-order valence-corrected chi connectivity index (χ1v) is 10.5. The van der Waals surface area contributed by atoms with Crippen molar-refractivity contribution >= 4 is 99.9 Å². The Balaban J connectivity index is 1.84. The van der Waals surface area contributed by atoms with Gasteiger partial charge in [-0.05, 0) is 18.2 Å². The fourth-order valence-electron chi connectivity index (χ4n) is 3.29. The number of aromatic amines is 1. The number of halogens is 1. The second kappa shape index (κ2) is 4.36. The number of benzene rings is 2. The highest BCUT2D eigenvalue weighted by Crippen LogP contribution is 2.51. The lowest BCUT2D eigenvalue weighted by Gasteiger charge is -1.90. The molecule has 2 aromatic carbocycles. The van der Waals surface area contributed by atoms with E-state index in [1.54, 1.807) is 0 Å². The van der Waals surface area contributed by atoms with E-state index in [2.05, 4.69) is 63.4 Å². The lowest BCUT2D eigenvalue weighted by atomic mass is 10.2. The van der Waals surface area contributed by atoms with E-state index in [0.29, 0.717) is 0 Å². The molecule has 0 aliphatic carbocycles. The van der Waals surface area contributed by atoms with Crippen LogP contribution in [0.2, 0.25) is 0 Å². The van der Waals surface area contributed by atoms with Gasteiger partial charge < -0.3 is 4.98 Å². The number of hydrogen-bond donors (Lipinski definition) is 1. The Kier molecular flexibility index (Phi) is 2.46. The lowest BCUT2D eigenvalue weighted by Crippen LogP contribution is -1.64. The molecule has 6 rings (SSSR count). The van der Waals surface area contributed by atoms with E-state index >= 15 is 0 Å². The molecule has 5 heteroatoms. The molecule has 1 N–H and O–H groups in total. The van der Waals surface area contributed by atoms with Crippen LogP contribution >= 0.6 is 49.9 Å². The first-order valence-electron chi connectivity index (χ1n) is 7.23. The predicted molar refractivity (Wildman–Crippen MR) is 110 cm³/mol. The molecule has 0 unspecified atom stereocenters. The van der Waals surface area contributed by atoms with Crippen molar-refractivity contribution < 1.29 is 0 Å². The van der Waals surface area contributed by atoms with Gasteiger partial charge in [0.25, 0.3) is 0 Å². The van der Waals surface area contributed by atoms with Gasteiger partial charge in [-0.3, -0.25) is 0 Å². The number of rotatable bonds is 0. The van der Waals surface area contributed by atoms with Crippen LogP contribution in [-0.2, 0) is 0 Å². The number of nitrogens with one attached hydrogen (secondary N) is 1. The number of H-pyrrole nitrogens is 1. The second-order valence-corrected chi connectivity index (χ2v) is 9.65. The van der Waals surface area contributed by atoms with Gasteiger partial charge >= 0.3 is 0 Å². The summed E-state index contributed by atoms with van der Waals surface area (Å²) in [6.07, 6.45) is 0. The molecule has 0 aliphatic heterocycles. The van der Waals surface area contributed by atoms with Gasteiger partial charge in [-0.15, -0.1) is 34.0 Å². The van der Waals surface area contributed by atoms with Gasteiger partial charge in [0.05, 0.1) is 29.0 Å². The zero-order valence-electron chi connectivity index (χ0n) is 11.6. The molecule has 0 atom stereocenters. The van der Waals surface area contributed by atoms with Crippen LogP contribution in [0.25, 0.3) is 50.0 Å². The van der Waals surface area contributed by atoms with Gasteiger partial charge in [-0.1, -0.05) is 40.2 Å². The van der Waals surface area contributed by atoms with Crippen molar-refractivity contribution in [3.63, 3.8) is 0 Å². The van der Waals surface area contributed by atoms with Crippen molar-refractivity contribution in [2.24, 2.45) is 0 Å². The van der Waals surface area contributed by atoms with E-state index in [9.17, 15) is 0 Å². The van der Waals surface area contributed by atoms with E-state index in [1.807, 2.05) is 34.0 Å². The average Bonchev–Trinajstić information content (AvgIpc) is 3.24. The molecule has 4 heterocycles. The van der Waals surface area contributed by atoms with Crippen molar-refractivity contribution in [2.75, 3.05) is 0 Å². The van der Waals surface area contributed by atoms with E-state index < -0.39 is 0 Å². The van der Waals surface area contributed by atoms with Crippen LogP contribution in [0.1, 0.15) is 0 Å². The quantitative estimate of drug-likeness (QED) is 0.262. The Morgan fingerprint density at radius 3 is 2.52 bits per heavy atom. The number of hydrogen-bond acceptors (Lipinski definition) is 3. The lowest BCUT2D eigenvalue weighted by molar-refractivity contribution is 1.57. The van der Waals surface area contributed by atoms with Crippen LogP contribution < -0.4 is 0 Å². The van der Waals surface area contributed by atoms with E-state index in [0.717, 1.165) is 4.47 Å². The van der Waals surface area contributed by atoms with Crippen molar-refractivity contribution in [3.05, 3.63) is 46.9 Å². The van der Waals surface area contributed by atoms with Gasteiger partial charge in [-0.2, -0.15) is 0 Å². The highest BCUT2D eigenvalue weighted by Gasteiger charge is 2.18. The first kappa shape index (κ1) is 13.0. The van der Waals surface area contributed by atoms with Crippen LogP contribution in [-0.4, -0.2) is 4.98 Å². The summed E-state index contributed by atoms with van der Waals surface area (Å²) < 4.78 is 9.63. The van der Waals surface area contributed by atoms with E-state index in [1.165, 1.54) is 50.0 Å². The molecule has 0 saturated carbocycles. The maximum atomic E-state index is 3.63. The van der Waals surface area contributed by atoms with Crippen molar-refractivity contribution in [3.8, 4) is 0 Å². The van der Waals surface area contributed by atoms with Gasteiger partial charge in [0.2, 0.25) is 0 Å².